The number of unbranched alkanes of at least 4 members (excludes halogenated alkanes) is 38. The van der Waals surface area contributed by atoms with Crippen molar-refractivity contribution in [2.45, 2.75) is 335 Å². The Morgan fingerprint density at radius 1 is 0.282 bits per heavy atom. The van der Waals surface area contributed by atoms with Crippen molar-refractivity contribution in [1.82, 2.24) is 0 Å². The summed E-state index contributed by atoms with van der Waals surface area (Å²) >= 11 is 0. The summed E-state index contributed by atoms with van der Waals surface area (Å²) in [6.45, 7) is 6.58. The van der Waals surface area contributed by atoms with Gasteiger partial charge in [-0.2, -0.15) is 0 Å². The highest BCUT2D eigenvalue weighted by atomic mass is 16.6. The summed E-state index contributed by atoms with van der Waals surface area (Å²) in [7, 11) is 0. The minimum absolute atomic E-state index is 0.0727. The predicted octanol–water partition coefficient (Wildman–Crippen LogP) is 21.0. The van der Waals surface area contributed by atoms with Crippen LogP contribution in [-0.4, -0.2) is 37.2 Å². The van der Waals surface area contributed by atoms with Crippen LogP contribution in [0.5, 0.6) is 0 Å². The van der Waals surface area contributed by atoms with E-state index < -0.39 is 6.10 Å². The summed E-state index contributed by atoms with van der Waals surface area (Å²) in [5.74, 6) is -0.877. The average molecular weight is 996 g/mol. The molecule has 0 aromatic rings. The highest BCUT2D eigenvalue weighted by Crippen LogP contribution is 2.17. The van der Waals surface area contributed by atoms with E-state index in [0.29, 0.717) is 19.3 Å². The minimum Gasteiger partial charge on any atom is -0.462 e. The number of ether oxygens (including phenoxy) is 3. The van der Waals surface area contributed by atoms with Gasteiger partial charge < -0.3 is 14.2 Å². The van der Waals surface area contributed by atoms with Crippen LogP contribution >= 0.6 is 0 Å². The Balaban J connectivity index is 3.94. The van der Waals surface area contributed by atoms with Crippen molar-refractivity contribution in [2.24, 2.45) is 0 Å². The largest absolute Gasteiger partial charge is 0.462 e. The van der Waals surface area contributed by atoms with Crippen molar-refractivity contribution >= 4 is 17.9 Å². The van der Waals surface area contributed by atoms with Gasteiger partial charge in [-0.25, -0.2) is 0 Å². The molecule has 6 heteroatoms. The molecular formula is C65H118O6. The molecule has 0 radical (unpaired) electrons. The maximum Gasteiger partial charge on any atom is 0.306 e. The molecule has 1 atom stereocenters. The van der Waals surface area contributed by atoms with Crippen LogP contribution in [0.15, 0.2) is 48.6 Å². The van der Waals surface area contributed by atoms with E-state index in [2.05, 4.69) is 69.4 Å². The van der Waals surface area contributed by atoms with Crippen molar-refractivity contribution in [3.63, 3.8) is 0 Å². The van der Waals surface area contributed by atoms with Crippen LogP contribution in [0.25, 0.3) is 0 Å². The van der Waals surface area contributed by atoms with E-state index in [1.54, 1.807) is 0 Å². The fraction of sp³-hybridized carbons (Fsp3) is 0.831. The van der Waals surface area contributed by atoms with Gasteiger partial charge in [-0.15, -0.1) is 0 Å². The molecule has 0 aliphatic rings. The molecule has 1 unspecified atom stereocenters. The topological polar surface area (TPSA) is 78.9 Å². The lowest BCUT2D eigenvalue weighted by molar-refractivity contribution is -0.167. The molecule has 0 fully saturated rings. The third-order valence-electron chi connectivity index (χ3n) is 13.8. The number of hydrogen-bond donors (Lipinski definition) is 0. The van der Waals surface area contributed by atoms with Crippen molar-refractivity contribution in [3.05, 3.63) is 48.6 Å². The van der Waals surface area contributed by atoms with E-state index in [1.165, 1.54) is 212 Å². The van der Waals surface area contributed by atoms with Crippen molar-refractivity contribution in [2.75, 3.05) is 13.2 Å². The molecule has 6 nitrogen and oxygen atoms in total. The molecule has 0 saturated carbocycles. The fourth-order valence-electron chi connectivity index (χ4n) is 9.09. The summed E-state index contributed by atoms with van der Waals surface area (Å²) in [5, 5.41) is 0. The predicted molar refractivity (Wildman–Crippen MR) is 307 cm³/mol. The number of rotatable bonds is 57. The molecule has 0 bridgehead atoms. The Morgan fingerprint density at radius 3 is 0.803 bits per heavy atom. The molecule has 0 N–H and O–H groups in total. The zero-order valence-electron chi connectivity index (χ0n) is 47.5. The van der Waals surface area contributed by atoms with Gasteiger partial charge in [-0.1, -0.05) is 275 Å². The van der Waals surface area contributed by atoms with Crippen molar-refractivity contribution in [3.8, 4) is 0 Å². The van der Waals surface area contributed by atoms with Crippen molar-refractivity contribution < 1.29 is 28.6 Å². The molecule has 0 spiro atoms. The van der Waals surface area contributed by atoms with E-state index in [9.17, 15) is 14.4 Å². The average Bonchev–Trinajstić information content (AvgIpc) is 3.37. The maximum atomic E-state index is 12.8. The fourth-order valence-corrected chi connectivity index (χ4v) is 9.09. The Bertz CT molecular complexity index is 1230. The van der Waals surface area contributed by atoms with Crippen LogP contribution in [0.4, 0.5) is 0 Å². The molecular weight excluding hydrogens is 877 g/mol. The summed E-state index contributed by atoms with van der Waals surface area (Å²) < 4.78 is 16.8. The van der Waals surface area contributed by atoms with E-state index in [0.717, 1.165) is 77.0 Å². The highest BCUT2D eigenvalue weighted by molar-refractivity contribution is 5.71. The number of esters is 3. The van der Waals surface area contributed by atoms with Gasteiger partial charge in [-0.05, 0) is 83.5 Å². The van der Waals surface area contributed by atoms with Crippen LogP contribution in [0.2, 0.25) is 0 Å². The second-order valence-corrected chi connectivity index (χ2v) is 21.0. The van der Waals surface area contributed by atoms with Crippen LogP contribution in [0.3, 0.4) is 0 Å². The normalized spacial score (nSPS) is 12.3. The number of carbonyl (C=O) groups excluding carboxylic acids is 3. The molecule has 0 aliphatic carbocycles. The van der Waals surface area contributed by atoms with Crippen molar-refractivity contribution in [1.29, 1.82) is 0 Å². The molecule has 71 heavy (non-hydrogen) atoms. The third kappa shape index (κ3) is 58.1. The standard InChI is InChI=1S/C65H118O6/c1-4-7-10-13-16-18-20-22-24-25-26-27-28-29-30-31-32-33-34-35-36-37-38-39-40-41-42-44-45-47-49-52-55-58-64(67)70-61-62(60-69-63(66)57-54-51-15-12-9-6-3)71-65(68)59-56-53-50-48-46-43-23-21-19-17-14-11-8-5-2/h20-23,25-26,28-29,62H,4-19,24,27,30-61H2,1-3H3/b22-20-,23-21-,26-25-,29-28-. The molecule has 0 amide bonds. The summed E-state index contributed by atoms with van der Waals surface area (Å²) in [6, 6.07) is 0. The molecule has 0 saturated heterocycles. The Labute approximate surface area is 441 Å². The van der Waals surface area contributed by atoms with E-state index >= 15 is 0 Å². The van der Waals surface area contributed by atoms with Gasteiger partial charge in [0.15, 0.2) is 6.10 Å². The third-order valence-corrected chi connectivity index (χ3v) is 13.8. The van der Waals surface area contributed by atoms with Crippen LogP contribution in [-0.2, 0) is 28.6 Å². The first-order valence-electron chi connectivity index (χ1n) is 31.1. The van der Waals surface area contributed by atoms with E-state index in [1.807, 2.05) is 0 Å². The zero-order chi connectivity index (χ0) is 51.4. The molecule has 0 heterocycles. The van der Waals surface area contributed by atoms with Gasteiger partial charge in [0.25, 0.3) is 0 Å². The Hall–Kier alpha value is -2.63. The Kier molecular flexibility index (Phi) is 57.7. The highest BCUT2D eigenvalue weighted by Gasteiger charge is 2.19. The monoisotopic (exact) mass is 995 g/mol. The second-order valence-electron chi connectivity index (χ2n) is 21.0. The second kappa shape index (κ2) is 59.9. The first-order valence-corrected chi connectivity index (χ1v) is 31.1. The summed E-state index contributed by atoms with van der Waals surface area (Å²) in [5.41, 5.74) is 0. The smallest absolute Gasteiger partial charge is 0.306 e. The van der Waals surface area contributed by atoms with Crippen LogP contribution in [0, 0.1) is 0 Å². The summed E-state index contributed by atoms with van der Waals surface area (Å²) in [6.07, 6.45) is 74.5. The lowest BCUT2D eigenvalue weighted by Gasteiger charge is -2.18. The number of carbonyl (C=O) groups is 3. The minimum atomic E-state index is -0.771. The van der Waals surface area contributed by atoms with Gasteiger partial charge in [0.1, 0.15) is 13.2 Å². The lowest BCUT2D eigenvalue weighted by Crippen LogP contribution is -2.30. The van der Waals surface area contributed by atoms with Crippen LogP contribution < -0.4 is 0 Å². The zero-order valence-corrected chi connectivity index (χ0v) is 47.5. The quantitative estimate of drug-likeness (QED) is 0.0261. The van der Waals surface area contributed by atoms with Gasteiger partial charge in [0, 0.05) is 19.3 Å². The number of allylic oxidation sites excluding steroid dienone is 8. The van der Waals surface area contributed by atoms with Gasteiger partial charge >= 0.3 is 17.9 Å². The first-order chi connectivity index (χ1) is 35.0. The van der Waals surface area contributed by atoms with Gasteiger partial charge in [0.2, 0.25) is 0 Å². The van der Waals surface area contributed by atoms with Gasteiger partial charge in [0.05, 0.1) is 0 Å². The van der Waals surface area contributed by atoms with Crippen LogP contribution in [0.1, 0.15) is 329 Å². The Morgan fingerprint density at radius 2 is 0.507 bits per heavy atom. The number of hydrogen-bond acceptors (Lipinski definition) is 6. The van der Waals surface area contributed by atoms with E-state index in [4.69, 9.17) is 14.2 Å². The lowest BCUT2D eigenvalue weighted by atomic mass is 10.0. The molecule has 0 rings (SSSR count). The maximum absolute atomic E-state index is 12.8. The van der Waals surface area contributed by atoms with Gasteiger partial charge in [-0.3, -0.25) is 14.4 Å². The molecule has 414 valence electrons. The SMILES string of the molecule is CCCCCCC/C=C\C/C=C\C/C=C\CCCCCCCCCCCCCCCCCCCCC(=O)OCC(COC(=O)CCCCCCCC)OC(=O)CCCCCCC/C=C\CCCCCCC. The molecule has 0 aromatic carbocycles. The first kappa shape index (κ1) is 68.4. The molecule has 0 aromatic heterocycles. The summed E-state index contributed by atoms with van der Waals surface area (Å²) in [4.78, 5) is 37.9. The van der Waals surface area contributed by atoms with E-state index in [-0.39, 0.29) is 31.1 Å². The molecule has 0 aliphatic heterocycles.